The van der Waals surface area contributed by atoms with Crippen LogP contribution in [0.5, 0.6) is 0 Å². The van der Waals surface area contributed by atoms with Gasteiger partial charge in [0, 0.05) is 16.6 Å². The molecule has 0 radical (unpaired) electrons. The summed E-state index contributed by atoms with van der Waals surface area (Å²) in [5, 5.41) is 3.97. The fourth-order valence-electron chi connectivity index (χ4n) is 3.35. The van der Waals surface area contributed by atoms with Crippen LogP contribution in [-0.2, 0) is 0 Å². The lowest BCUT2D eigenvalue weighted by Gasteiger charge is -2.25. The van der Waals surface area contributed by atoms with E-state index >= 15 is 0 Å². The summed E-state index contributed by atoms with van der Waals surface area (Å²) in [4.78, 5) is 0. The molecule has 1 aromatic carbocycles. The van der Waals surface area contributed by atoms with Crippen LogP contribution in [0, 0.1) is 11.7 Å². The first-order valence-corrected chi connectivity index (χ1v) is 8.76. The number of halogens is 2. The maximum atomic E-state index is 14.2. The fourth-order valence-corrected chi connectivity index (χ4v) is 3.51. The smallest absolute Gasteiger partial charge is 0.129 e. The molecule has 0 amide bonds. The molecule has 3 heteroatoms. The first-order chi connectivity index (χ1) is 10.2. The number of rotatable bonds is 7. The molecule has 0 saturated heterocycles. The number of hydrogen-bond donors (Lipinski definition) is 1. The predicted octanol–water partition coefficient (Wildman–Crippen LogP) is 5.88. The van der Waals surface area contributed by atoms with E-state index in [1.165, 1.54) is 44.6 Å². The molecule has 0 bridgehead atoms. The Labute approximate surface area is 133 Å². The van der Waals surface area contributed by atoms with E-state index in [-0.39, 0.29) is 11.9 Å². The minimum absolute atomic E-state index is 0.115. The number of benzene rings is 1. The maximum absolute atomic E-state index is 14.2. The highest BCUT2D eigenvalue weighted by atomic mass is 35.5. The van der Waals surface area contributed by atoms with Crippen molar-refractivity contribution in [3.05, 3.63) is 34.6 Å². The Bertz CT molecular complexity index is 429. The molecule has 0 aromatic heterocycles. The van der Waals surface area contributed by atoms with Crippen LogP contribution in [0.4, 0.5) is 4.39 Å². The summed E-state index contributed by atoms with van der Waals surface area (Å²) in [5.41, 5.74) is 0.767. The minimum Gasteiger partial charge on any atom is -0.310 e. The largest absolute Gasteiger partial charge is 0.310 e. The lowest BCUT2D eigenvalue weighted by atomic mass is 9.84. The lowest BCUT2D eigenvalue weighted by Crippen LogP contribution is -2.24. The third kappa shape index (κ3) is 5.27. The molecule has 1 unspecified atom stereocenters. The first-order valence-electron chi connectivity index (χ1n) is 8.39. The molecule has 0 heterocycles. The summed E-state index contributed by atoms with van der Waals surface area (Å²) < 4.78 is 14.2. The van der Waals surface area contributed by atoms with Crippen molar-refractivity contribution in [3.63, 3.8) is 0 Å². The predicted molar refractivity (Wildman–Crippen MR) is 88.3 cm³/mol. The van der Waals surface area contributed by atoms with E-state index in [0.29, 0.717) is 5.02 Å². The maximum Gasteiger partial charge on any atom is 0.129 e. The quantitative estimate of drug-likeness (QED) is 0.663. The summed E-state index contributed by atoms with van der Waals surface area (Å²) >= 11 is 5.86. The normalized spacial score (nSPS) is 17.9. The van der Waals surface area contributed by atoms with Crippen molar-refractivity contribution in [2.24, 2.45) is 5.92 Å². The summed E-state index contributed by atoms with van der Waals surface area (Å²) in [6.45, 7) is 3.07. The summed E-state index contributed by atoms with van der Waals surface area (Å²) in [5.74, 6) is 0.653. The lowest BCUT2D eigenvalue weighted by molar-refractivity contribution is 0.312. The molecule has 1 atom stereocenters. The van der Waals surface area contributed by atoms with E-state index in [9.17, 15) is 4.39 Å². The second-order valence-electron chi connectivity index (χ2n) is 6.25. The van der Waals surface area contributed by atoms with Gasteiger partial charge in [0.25, 0.3) is 0 Å². The zero-order valence-corrected chi connectivity index (χ0v) is 13.8. The fraction of sp³-hybridized carbons (Fsp3) is 0.667. The Balaban J connectivity index is 1.99. The van der Waals surface area contributed by atoms with Gasteiger partial charge in [-0.3, -0.25) is 0 Å². The molecule has 1 aliphatic carbocycles. The Hall–Kier alpha value is -0.600. The summed E-state index contributed by atoms with van der Waals surface area (Å²) in [6, 6.07) is 5.18. The topological polar surface area (TPSA) is 12.0 Å². The van der Waals surface area contributed by atoms with Crippen LogP contribution in [0.25, 0.3) is 0 Å². The van der Waals surface area contributed by atoms with Gasteiger partial charge in [0.15, 0.2) is 0 Å². The number of hydrogen-bond acceptors (Lipinski definition) is 1. The van der Waals surface area contributed by atoms with Crippen molar-refractivity contribution in [2.45, 2.75) is 64.3 Å². The third-order valence-corrected chi connectivity index (χ3v) is 4.80. The van der Waals surface area contributed by atoms with Crippen LogP contribution < -0.4 is 5.32 Å². The molecule has 1 saturated carbocycles. The zero-order valence-electron chi connectivity index (χ0n) is 13.0. The van der Waals surface area contributed by atoms with Crippen molar-refractivity contribution in [3.8, 4) is 0 Å². The van der Waals surface area contributed by atoms with Crippen LogP contribution in [0.2, 0.25) is 5.02 Å². The molecule has 1 fully saturated rings. The van der Waals surface area contributed by atoms with Gasteiger partial charge < -0.3 is 5.32 Å². The van der Waals surface area contributed by atoms with Gasteiger partial charge in [0.05, 0.1) is 0 Å². The molecular weight excluding hydrogens is 285 g/mol. The first kappa shape index (κ1) is 16.8. The molecule has 0 aliphatic heterocycles. The van der Waals surface area contributed by atoms with E-state index in [1.807, 2.05) is 6.07 Å². The Morgan fingerprint density at radius 3 is 2.71 bits per heavy atom. The van der Waals surface area contributed by atoms with Gasteiger partial charge >= 0.3 is 0 Å². The van der Waals surface area contributed by atoms with Gasteiger partial charge in [-0.2, -0.15) is 0 Å². The second-order valence-corrected chi connectivity index (χ2v) is 6.69. The standard InChI is InChI=1S/C18H27ClFN/c1-2-12-21-18(11-8-14-6-4-3-5-7-14)16-10-9-15(19)13-17(16)20/h9-10,13-14,18,21H,2-8,11-12H2,1H3. The van der Waals surface area contributed by atoms with Crippen molar-refractivity contribution < 1.29 is 4.39 Å². The van der Waals surface area contributed by atoms with Crippen molar-refractivity contribution in [1.29, 1.82) is 0 Å². The molecule has 1 aliphatic rings. The average molecular weight is 312 g/mol. The van der Waals surface area contributed by atoms with Gasteiger partial charge in [-0.05, 0) is 43.9 Å². The zero-order chi connectivity index (χ0) is 15.1. The van der Waals surface area contributed by atoms with Crippen molar-refractivity contribution in [2.75, 3.05) is 6.54 Å². The molecule has 1 aromatic rings. The van der Waals surface area contributed by atoms with Gasteiger partial charge in [-0.1, -0.05) is 56.7 Å². The Morgan fingerprint density at radius 1 is 1.29 bits per heavy atom. The minimum atomic E-state index is -0.181. The Kier molecular flexibility index (Phi) is 6.98. The van der Waals surface area contributed by atoms with Crippen molar-refractivity contribution >= 4 is 11.6 Å². The average Bonchev–Trinajstić information content (AvgIpc) is 2.49. The molecule has 21 heavy (non-hydrogen) atoms. The molecular formula is C18H27ClFN. The summed E-state index contributed by atoms with van der Waals surface area (Å²) in [7, 11) is 0. The molecule has 0 spiro atoms. The molecule has 1 N–H and O–H groups in total. The monoisotopic (exact) mass is 311 g/mol. The van der Waals surface area contributed by atoms with Gasteiger partial charge in [0.2, 0.25) is 0 Å². The highest BCUT2D eigenvalue weighted by Gasteiger charge is 2.19. The van der Waals surface area contributed by atoms with E-state index in [1.54, 1.807) is 6.07 Å². The van der Waals surface area contributed by atoms with Gasteiger partial charge in [-0.15, -0.1) is 0 Å². The second kappa shape index (κ2) is 8.75. The molecule has 2 rings (SSSR count). The summed E-state index contributed by atoms with van der Waals surface area (Å²) in [6.07, 6.45) is 10.1. The van der Waals surface area contributed by atoms with Crippen LogP contribution in [0.1, 0.15) is 69.9 Å². The van der Waals surface area contributed by atoms with Crippen LogP contribution >= 0.6 is 11.6 Å². The number of nitrogens with one attached hydrogen (secondary N) is 1. The van der Waals surface area contributed by atoms with E-state index in [0.717, 1.165) is 30.9 Å². The van der Waals surface area contributed by atoms with E-state index in [2.05, 4.69) is 12.2 Å². The van der Waals surface area contributed by atoms with E-state index in [4.69, 9.17) is 11.6 Å². The van der Waals surface area contributed by atoms with Crippen molar-refractivity contribution in [1.82, 2.24) is 5.32 Å². The van der Waals surface area contributed by atoms with Gasteiger partial charge in [0.1, 0.15) is 5.82 Å². The molecule has 1 nitrogen and oxygen atoms in total. The van der Waals surface area contributed by atoms with Crippen LogP contribution in [0.15, 0.2) is 18.2 Å². The Morgan fingerprint density at radius 2 is 2.05 bits per heavy atom. The van der Waals surface area contributed by atoms with Gasteiger partial charge in [-0.25, -0.2) is 4.39 Å². The highest BCUT2D eigenvalue weighted by molar-refractivity contribution is 6.30. The van der Waals surface area contributed by atoms with E-state index < -0.39 is 0 Å². The van der Waals surface area contributed by atoms with Crippen LogP contribution in [0.3, 0.4) is 0 Å². The van der Waals surface area contributed by atoms with Crippen LogP contribution in [-0.4, -0.2) is 6.54 Å². The highest BCUT2D eigenvalue weighted by Crippen LogP contribution is 2.31. The SMILES string of the molecule is CCCNC(CCC1CCCCC1)c1ccc(Cl)cc1F. The molecule has 118 valence electrons. The third-order valence-electron chi connectivity index (χ3n) is 4.57.